The zero-order valence-electron chi connectivity index (χ0n) is 15.0. The van der Waals surface area contributed by atoms with Crippen LogP contribution >= 0.6 is 15.9 Å². The summed E-state index contributed by atoms with van der Waals surface area (Å²) in [5, 5.41) is 12.0. The van der Waals surface area contributed by atoms with E-state index in [1.807, 2.05) is 50.2 Å². The Hall–Kier alpha value is -2.78. The minimum absolute atomic E-state index is 0.0498. The van der Waals surface area contributed by atoms with Crippen molar-refractivity contribution in [3.8, 4) is 17.5 Å². The Kier molecular flexibility index (Phi) is 6.42. The summed E-state index contributed by atoms with van der Waals surface area (Å²) in [6, 6.07) is 11.6. The van der Waals surface area contributed by atoms with Crippen LogP contribution in [0.25, 0.3) is 11.8 Å². The molecule has 134 valence electrons. The highest BCUT2D eigenvalue weighted by Crippen LogP contribution is 2.24. The van der Waals surface area contributed by atoms with Gasteiger partial charge in [0.15, 0.2) is 0 Å². The number of carbonyl (C=O) groups excluding carboxylic acids is 1. The van der Waals surface area contributed by atoms with E-state index in [0.717, 1.165) is 28.4 Å². The molecule has 5 nitrogen and oxygen atoms in total. The smallest absolute Gasteiger partial charge is 0.262 e. The average molecular weight is 414 g/mol. The maximum atomic E-state index is 12.1. The Morgan fingerprint density at radius 1 is 1.38 bits per heavy atom. The minimum Gasteiger partial charge on any atom is -0.497 e. The monoisotopic (exact) mass is 413 g/mol. The van der Waals surface area contributed by atoms with Gasteiger partial charge in [-0.25, -0.2) is 0 Å². The van der Waals surface area contributed by atoms with Crippen LogP contribution in [0.1, 0.15) is 17.0 Å². The summed E-state index contributed by atoms with van der Waals surface area (Å²) >= 11 is 3.18. The molecule has 0 aliphatic rings. The first kappa shape index (κ1) is 19.5. The number of hydrogen-bond donors (Lipinski definition) is 1. The van der Waals surface area contributed by atoms with Gasteiger partial charge in [-0.05, 0) is 55.8 Å². The van der Waals surface area contributed by atoms with E-state index < -0.39 is 5.91 Å². The molecule has 6 heteroatoms. The molecule has 0 aliphatic heterocycles. The Balaban J connectivity index is 2.37. The molecule has 2 aromatic rings. The molecule has 1 heterocycles. The molecule has 1 N–H and O–H groups in total. The number of rotatable bonds is 6. The van der Waals surface area contributed by atoms with Gasteiger partial charge in [-0.1, -0.05) is 22.5 Å². The minimum atomic E-state index is -0.428. The SMILES string of the molecule is C=C(Br)CNC(=O)/C(C#N)=C\c1cc(C)n(-c2ccc(OC)cc2)c1C. The first-order valence-corrected chi connectivity index (χ1v) is 8.73. The van der Waals surface area contributed by atoms with Crippen molar-refractivity contribution in [2.24, 2.45) is 0 Å². The number of hydrogen-bond acceptors (Lipinski definition) is 3. The van der Waals surface area contributed by atoms with Gasteiger partial charge < -0.3 is 14.6 Å². The zero-order valence-corrected chi connectivity index (χ0v) is 16.6. The fraction of sp³-hybridized carbons (Fsp3) is 0.200. The molecular formula is C20H20BrN3O2. The third kappa shape index (κ3) is 4.44. The number of ether oxygens (including phenoxy) is 1. The summed E-state index contributed by atoms with van der Waals surface area (Å²) in [4.78, 5) is 12.1. The first-order valence-electron chi connectivity index (χ1n) is 7.94. The molecule has 0 aliphatic carbocycles. The lowest BCUT2D eigenvalue weighted by Gasteiger charge is -2.10. The third-order valence-corrected chi connectivity index (χ3v) is 4.19. The molecule has 0 radical (unpaired) electrons. The number of aryl methyl sites for hydroxylation is 1. The van der Waals surface area contributed by atoms with Crippen molar-refractivity contribution in [1.29, 1.82) is 5.26 Å². The highest BCUT2D eigenvalue weighted by atomic mass is 79.9. The first-order chi connectivity index (χ1) is 12.4. The van der Waals surface area contributed by atoms with Crippen molar-refractivity contribution in [2.45, 2.75) is 13.8 Å². The van der Waals surface area contributed by atoms with Crippen LogP contribution in [0.4, 0.5) is 0 Å². The molecule has 0 unspecified atom stereocenters. The van der Waals surface area contributed by atoms with Crippen molar-refractivity contribution in [2.75, 3.05) is 13.7 Å². The Morgan fingerprint density at radius 2 is 2.04 bits per heavy atom. The maximum Gasteiger partial charge on any atom is 0.262 e. The van der Waals surface area contributed by atoms with Crippen LogP contribution in [-0.2, 0) is 4.79 Å². The molecule has 2 rings (SSSR count). The van der Waals surface area contributed by atoms with Gasteiger partial charge in [-0.2, -0.15) is 5.26 Å². The topological polar surface area (TPSA) is 67.0 Å². The lowest BCUT2D eigenvalue weighted by atomic mass is 10.1. The number of amides is 1. The summed E-state index contributed by atoms with van der Waals surface area (Å²) in [6.45, 7) is 7.86. The van der Waals surface area contributed by atoms with Crippen molar-refractivity contribution >= 4 is 27.9 Å². The van der Waals surface area contributed by atoms with Crippen LogP contribution in [0.15, 0.2) is 47.0 Å². The van der Waals surface area contributed by atoms with E-state index in [2.05, 4.69) is 32.4 Å². The van der Waals surface area contributed by atoms with E-state index in [1.165, 1.54) is 0 Å². The van der Waals surface area contributed by atoms with Gasteiger partial charge in [-0.15, -0.1) is 0 Å². The zero-order chi connectivity index (χ0) is 19.3. The number of nitriles is 1. The van der Waals surface area contributed by atoms with E-state index in [9.17, 15) is 10.1 Å². The molecule has 1 aromatic carbocycles. The van der Waals surface area contributed by atoms with Gasteiger partial charge >= 0.3 is 0 Å². The number of halogens is 1. The van der Waals surface area contributed by atoms with Crippen LogP contribution in [0, 0.1) is 25.2 Å². The van der Waals surface area contributed by atoms with E-state index >= 15 is 0 Å². The predicted molar refractivity (Wildman–Crippen MR) is 106 cm³/mol. The van der Waals surface area contributed by atoms with Crippen LogP contribution in [-0.4, -0.2) is 24.1 Å². The van der Waals surface area contributed by atoms with Crippen molar-refractivity contribution in [1.82, 2.24) is 9.88 Å². The number of nitrogens with zero attached hydrogens (tertiary/aromatic N) is 2. The number of nitrogens with one attached hydrogen (secondary N) is 1. The summed E-state index contributed by atoms with van der Waals surface area (Å²) in [6.07, 6.45) is 1.61. The molecule has 0 fully saturated rings. The van der Waals surface area contributed by atoms with Crippen LogP contribution in [0.2, 0.25) is 0 Å². The van der Waals surface area contributed by atoms with Gasteiger partial charge in [0.2, 0.25) is 0 Å². The van der Waals surface area contributed by atoms with Crippen molar-refractivity contribution in [3.63, 3.8) is 0 Å². The molecule has 0 saturated carbocycles. The second-order valence-electron chi connectivity index (χ2n) is 5.73. The van der Waals surface area contributed by atoms with E-state index in [0.29, 0.717) is 4.48 Å². The third-order valence-electron chi connectivity index (χ3n) is 3.91. The molecule has 0 saturated heterocycles. The van der Waals surface area contributed by atoms with Crippen molar-refractivity contribution in [3.05, 3.63) is 63.9 Å². The summed E-state index contributed by atoms with van der Waals surface area (Å²) < 4.78 is 7.90. The van der Waals surface area contributed by atoms with Crippen LogP contribution in [0.5, 0.6) is 5.75 Å². The number of methoxy groups -OCH3 is 1. The molecule has 1 aromatic heterocycles. The Labute approximate surface area is 161 Å². The second-order valence-corrected chi connectivity index (χ2v) is 6.85. The van der Waals surface area contributed by atoms with Gasteiger partial charge in [0.25, 0.3) is 5.91 Å². The highest BCUT2D eigenvalue weighted by molar-refractivity contribution is 9.11. The highest BCUT2D eigenvalue weighted by Gasteiger charge is 2.13. The fourth-order valence-corrected chi connectivity index (χ4v) is 2.78. The number of aromatic nitrogens is 1. The molecular weight excluding hydrogens is 394 g/mol. The van der Waals surface area contributed by atoms with E-state index in [4.69, 9.17) is 4.74 Å². The van der Waals surface area contributed by atoms with Crippen LogP contribution in [0.3, 0.4) is 0 Å². The molecule has 1 amide bonds. The molecule has 0 atom stereocenters. The molecule has 0 spiro atoms. The maximum absolute atomic E-state index is 12.1. The van der Waals surface area contributed by atoms with Gasteiger partial charge in [0, 0.05) is 28.1 Å². The second kappa shape index (κ2) is 8.54. The fourth-order valence-electron chi connectivity index (χ4n) is 2.64. The van der Waals surface area contributed by atoms with Gasteiger partial charge in [0.1, 0.15) is 17.4 Å². The average Bonchev–Trinajstić information content (AvgIpc) is 2.91. The van der Waals surface area contributed by atoms with E-state index in [1.54, 1.807) is 13.2 Å². The summed E-state index contributed by atoms with van der Waals surface area (Å²) in [5.41, 5.74) is 3.80. The van der Waals surface area contributed by atoms with Gasteiger partial charge in [-0.3, -0.25) is 4.79 Å². The summed E-state index contributed by atoms with van der Waals surface area (Å²) in [5.74, 6) is 0.357. The lowest BCUT2D eigenvalue weighted by Crippen LogP contribution is -2.25. The Morgan fingerprint density at radius 3 is 2.58 bits per heavy atom. The van der Waals surface area contributed by atoms with Gasteiger partial charge in [0.05, 0.1) is 7.11 Å². The van der Waals surface area contributed by atoms with Crippen LogP contribution < -0.4 is 10.1 Å². The molecule has 0 bridgehead atoms. The quantitative estimate of drug-likeness (QED) is 0.573. The van der Waals surface area contributed by atoms with E-state index in [-0.39, 0.29) is 12.1 Å². The predicted octanol–water partition coefficient (Wildman–Crippen LogP) is 4.03. The number of benzene rings is 1. The normalized spacial score (nSPS) is 11.0. The lowest BCUT2D eigenvalue weighted by molar-refractivity contribution is -0.116. The summed E-state index contributed by atoms with van der Waals surface area (Å²) in [7, 11) is 1.63. The molecule has 26 heavy (non-hydrogen) atoms. The largest absolute Gasteiger partial charge is 0.497 e. The Bertz CT molecular complexity index is 902. The standard InChI is InChI=1S/C20H20BrN3O2/c1-13(21)12-23-20(25)17(11-22)10-16-9-14(2)24(15(16)3)18-5-7-19(26-4)8-6-18/h5-10H,1,12H2,2-4H3,(H,23,25)/b17-10-. The number of carbonyl (C=O) groups is 1. The van der Waals surface area contributed by atoms with Crippen molar-refractivity contribution < 1.29 is 9.53 Å².